The molecule has 2 rings (SSSR count). The van der Waals surface area contributed by atoms with Gasteiger partial charge in [-0.3, -0.25) is 4.79 Å². The number of aromatic nitrogens is 1. The zero-order chi connectivity index (χ0) is 14.9. The van der Waals surface area contributed by atoms with Gasteiger partial charge in [-0.25, -0.2) is 4.98 Å². The van der Waals surface area contributed by atoms with Crippen LogP contribution in [0.1, 0.15) is 27.2 Å². The monoisotopic (exact) mass is 333 g/mol. The fourth-order valence-corrected chi connectivity index (χ4v) is 2.50. The molecule has 4 nitrogen and oxygen atoms in total. The van der Waals surface area contributed by atoms with E-state index in [0.717, 1.165) is 21.3 Å². The van der Waals surface area contributed by atoms with Gasteiger partial charge in [-0.05, 0) is 56.2 Å². The Bertz CT molecular complexity index is 663. The van der Waals surface area contributed by atoms with Crippen LogP contribution in [0.15, 0.2) is 28.7 Å². The minimum absolute atomic E-state index is 0.215. The Morgan fingerprint density at radius 3 is 2.55 bits per heavy atom. The average molecular weight is 334 g/mol. The third kappa shape index (κ3) is 3.17. The molecule has 1 aromatic heterocycles. The number of nitrogens with zero attached hydrogens (tertiary/aromatic N) is 1. The molecule has 0 saturated carbocycles. The summed E-state index contributed by atoms with van der Waals surface area (Å²) in [5.41, 5.74) is 9.68. The molecule has 0 radical (unpaired) electrons. The Hall–Kier alpha value is -1.88. The van der Waals surface area contributed by atoms with Crippen LogP contribution in [0.2, 0.25) is 0 Å². The molecule has 0 aliphatic heterocycles. The highest BCUT2D eigenvalue weighted by molar-refractivity contribution is 9.10. The van der Waals surface area contributed by atoms with Crippen molar-refractivity contribution < 1.29 is 4.79 Å². The highest BCUT2D eigenvalue weighted by Gasteiger charge is 2.13. The highest BCUT2D eigenvalue weighted by Crippen LogP contribution is 2.23. The van der Waals surface area contributed by atoms with E-state index < -0.39 is 0 Å². The number of benzene rings is 1. The van der Waals surface area contributed by atoms with E-state index in [0.29, 0.717) is 17.1 Å². The van der Waals surface area contributed by atoms with Crippen LogP contribution in [0.25, 0.3) is 0 Å². The molecule has 3 N–H and O–H groups in total. The summed E-state index contributed by atoms with van der Waals surface area (Å²) in [6, 6.07) is 7.32. The maximum Gasteiger partial charge on any atom is 0.257 e. The van der Waals surface area contributed by atoms with Crippen molar-refractivity contribution in [1.82, 2.24) is 4.98 Å². The number of aryl methyl sites for hydroxylation is 2. The van der Waals surface area contributed by atoms with Crippen LogP contribution in [0.3, 0.4) is 0 Å². The van der Waals surface area contributed by atoms with Crippen molar-refractivity contribution in [2.45, 2.75) is 20.8 Å². The Morgan fingerprint density at radius 2 is 1.90 bits per heavy atom. The maximum atomic E-state index is 12.3. The lowest BCUT2D eigenvalue weighted by atomic mass is 10.1. The van der Waals surface area contributed by atoms with Crippen LogP contribution in [0.4, 0.5) is 11.5 Å². The number of carbonyl (C=O) groups is 1. The number of nitrogens with one attached hydrogen (secondary N) is 1. The number of hydrogen-bond acceptors (Lipinski definition) is 3. The average Bonchev–Trinajstić information content (AvgIpc) is 2.32. The zero-order valence-corrected chi connectivity index (χ0v) is 13.2. The van der Waals surface area contributed by atoms with Crippen LogP contribution < -0.4 is 11.1 Å². The molecule has 0 unspecified atom stereocenters. The fourth-order valence-electron chi connectivity index (χ4n) is 2.03. The molecule has 104 valence electrons. The summed E-state index contributed by atoms with van der Waals surface area (Å²) >= 11 is 3.35. The van der Waals surface area contributed by atoms with Gasteiger partial charge >= 0.3 is 0 Å². The van der Waals surface area contributed by atoms with E-state index in [4.69, 9.17) is 5.73 Å². The lowest BCUT2D eigenvalue weighted by molar-refractivity contribution is 0.102. The van der Waals surface area contributed by atoms with Gasteiger partial charge in [0.25, 0.3) is 5.91 Å². The molecule has 5 heteroatoms. The largest absolute Gasteiger partial charge is 0.398 e. The van der Waals surface area contributed by atoms with Gasteiger partial charge < -0.3 is 11.1 Å². The van der Waals surface area contributed by atoms with Crippen molar-refractivity contribution in [2.24, 2.45) is 0 Å². The molecule has 1 amide bonds. The van der Waals surface area contributed by atoms with Gasteiger partial charge in [0.15, 0.2) is 0 Å². The van der Waals surface area contributed by atoms with Crippen molar-refractivity contribution in [1.29, 1.82) is 0 Å². The topological polar surface area (TPSA) is 68.0 Å². The van der Waals surface area contributed by atoms with Gasteiger partial charge in [0, 0.05) is 21.4 Å². The van der Waals surface area contributed by atoms with Crippen molar-refractivity contribution >= 4 is 33.3 Å². The predicted molar refractivity (Wildman–Crippen MR) is 85.0 cm³/mol. The number of nitrogen functional groups attached to an aromatic ring is 1. The molecule has 0 fully saturated rings. The van der Waals surface area contributed by atoms with Crippen LogP contribution in [0.5, 0.6) is 0 Å². The minimum Gasteiger partial charge on any atom is -0.398 e. The van der Waals surface area contributed by atoms with E-state index in [-0.39, 0.29) is 5.91 Å². The molecule has 0 aliphatic rings. The van der Waals surface area contributed by atoms with E-state index in [2.05, 4.69) is 26.2 Å². The molecule has 1 aromatic carbocycles. The third-order valence-corrected chi connectivity index (χ3v) is 3.45. The van der Waals surface area contributed by atoms with Crippen LogP contribution >= 0.6 is 15.9 Å². The summed E-state index contributed by atoms with van der Waals surface area (Å²) in [5, 5.41) is 2.81. The SMILES string of the molecule is Cc1cc(C)nc(NC(=O)c2cc(Br)cc(N)c2C)c1. The van der Waals surface area contributed by atoms with Gasteiger partial charge in [-0.2, -0.15) is 0 Å². The number of hydrogen-bond donors (Lipinski definition) is 2. The van der Waals surface area contributed by atoms with E-state index >= 15 is 0 Å². The molecule has 0 aliphatic carbocycles. The lowest BCUT2D eigenvalue weighted by Gasteiger charge is -2.11. The molecule has 0 bridgehead atoms. The Labute approximate surface area is 126 Å². The first-order chi connectivity index (χ1) is 9.36. The number of pyridine rings is 1. The van der Waals surface area contributed by atoms with Crippen molar-refractivity contribution in [3.63, 3.8) is 0 Å². The number of anilines is 2. The van der Waals surface area contributed by atoms with Gasteiger partial charge in [0.1, 0.15) is 5.82 Å². The second-order valence-corrected chi connectivity index (χ2v) is 5.71. The first-order valence-corrected chi connectivity index (χ1v) is 6.98. The number of amides is 1. The first kappa shape index (κ1) is 14.5. The molecule has 0 spiro atoms. The smallest absolute Gasteiger partial charge is 0.257 e. The lowest BCUT2D eigenvalue weighted by Crippen LogP contribution is -2.15. The number of carbonyl (C=O) groups excluding carboxylic acids is 1. The summed E-state index contributed by atoms with van der Waals surface area (Å²) in [5.74, 6) is 0.332. The maximum absolute atomic E-state index is 12.3. The molecule has 2 aromatic rings. The van der Waals surface area contributed by atoms with Crippen LogP contribution in [-0.4, -0.2) is 10.9 Å². The fraction of sp³-hybridized carbons (Fsp3) is 0.200. The standard InChI is InChI=1S/C15H16BrN3O/c1-8-4-9(2)18-14(5-8)19-15(20)12-6-11(16)7-13(17)10(12)3/h4-7H,17H2,1-3H3,(H,18,19,20). The summed E-state index contributed by atoms with van der Waals surface area (Å²) in [6.45, 7) is 5.68. The Morgan fingerprint density at radius 1 is 1.20 bits per heavy atom. The molecular weight excluding hydrogens is 318 g/mol. The van der Waals surface area contributed by atoms with Crippen LogP contribution in [-0.2, 0) is 0 Å². The van der Waals surface area contributed by atoms with Gasteiger partial charge in [-0.1, -0.05) is 15.9 Å². The summed E-state index contributed by atoms with van der Waals surface area (Å²) < 4.78 is 0.777. The summed E-state index contributed by atoms with van der Waals surface area (Å²) in [6.07, 6.45) is 0. The van der Waals surface area contributed by atoms with E-state index in [1.807, 2.05) is 32.9 Å². The third-order valence-electron chi connectivity index (χ3n) is 3.00. The number of rotatable bonds is 2. The van der Waals surface area contributed by atoms with Crippen molar-refractivity contribution in [3.05, 3.63) is 51.1 Å². The molecular formula is C15H16BrN3O. The number of nitrogens with two attached hydrogens (primary N) is 1. The predicted octanol–water partition coefficient (Wildman–Crippen LogP) is 3.60. The molecule has 1 heterocycles. The molecule has 20 heavy (non-hydrogen) atoms. The summed E-state index contributed by atoms with van der Waals surface area (Å²) in [7, 11) is 0. The highest BCUT2D eigenvalue weighted by atomic mass is 79.9. The van der Waals surface area contributed by atoms with Gasteiger partial charge in [-0.15, -0.1) is 0 Å². The van der Waals surface area contributed by atoms with E-state index in [1.54, 1.807) is 12.1 Å². The van der Waals surface area contributed by atoms with E-state index in [9.17, 15) is 4.79 Å². The molecule has 0 atom stereocenters. The van der Waals surface area contributed by atoms with Crippen molar-refractivity contribution in [3.8, 4) is 0 Å². The minimum atomic E-state index is -0.215. The van der Waals surface area contributed by atoms with Gasteiger partial charge in [0.05, 0.1) is 0 Å². The first-order valence-electron chi connectivity index (χ1n) is 6.19. The summed E-state index contributed by atoms with van der Waals surface area (Å²) in [4.78, 5) is 16.6. The van der Waals surface area contributed by atoms with Crippen LogP contribution in [0, 0.1) is 20.8 Å². The Balaban J connectivity index is 2.33. The molecule has 0 saturated heterocycles. The second-order valence-electron chi connectivity index (χ2n) is 4.79. The van der Waals surface area contributed by atoms with E-state index in [1.165, 1.54) is 0 Å². The van der Waals surface area contributed by atoms with Crippen molar-refractivity contribution in [2.75, 3.05) is 11.1 Å². The normalized spacial score (nSPS) is 10.4. The second kappa shape index (κ2) is 5.63. The van der Waals surface area contributed by atoms with Gasteiger partial charge in [0.2, 0.25) is 0 Å². The quantitative estimate of drug-likeness (QED) is 0.825. The Kier molecular flexibility index (Phi) is 4.09. The zero-order valence-electron chi connectivity index (χ0n) is 11.6. The number of halogens is 1.